The molecule has 8 aromatic carbocycles. The number of hydrogen-bond donors (Lipinski definition) is 1. The quantitative estimate of drug-likeness (QED) is 0.162. The van der Waals surface area contributed by atoms with Crippen molar-refractivity contribution in [2.75, 3.05) is 0 Å². The minimum absolute atomic E-state index is 0. The van der Waals surface area contributed by atoms with Gasteiger partial charge in [0.15, 0.2) is 0 Å². The molecule has 2 heterocycles. The average molecular weight is 1030 g/mol. The Kier molecular flexibility index (Phi) is 10.8. The van der Waals surface area contributed by atoms with Crippen LogP contribution in [0.25, 0.3) is 95.0 Å². The Balaban J connectivity index is 0.00000511. The van der Waals surface area contributed by atoms with Gasteiger partial charge in [0.1, 0.15) is 11.6 Å². The molecule has 1 aliphatic rings. The summed E-state index contributed by atoms with van der Waals surface area (Å²) >= 11 is 0. The number of phenols is 1. The molecular formula is C61H48N3OPt-. The maximum Gasteiger partial charge on any atom is 0.148 e. The van der Waals surface area contributed by atoms with Crippen LogP contribution >= 0.6 is 0 Å². The largest absolute Gasteiger partial charge is 0.507 e. The fraction of sp³-hybridized carbons (Fsp3) is 0.115. The molecule has 10 aromatic rings. The van der Waals surface area contributed by atoms with Gasteiger partial charge in [-0.2, -0.15) is 0 Å². The third kappa shape index (κ3) is 7.40. The zero-order valence-electron chi connectivity index (χ0n) is 37.6. The van der Waals surface area contributed by atoms with Crippen molar-refractivity contribution in [1.29, 1.82) is 0 Å². The van der Waals surface area contributed by atoms with E-state index in [4.69, 9.17) is 9.97 Å². The molecule has 0 radical (unpaired) electrons. The summed E-state index contributed by atoms with van der Waals surface area (Å²) in [6.45, 7) is 11.2. The van der Waals surface area contributed by atoms with E-state index in [0.29, 0.717) is 11.4 Å². The van der Waals surface area contributed by atoms with Crippen molar-refractivity contribution in [1.82, 2.24) is 14.5 Å². The van der Waals surface area contributed by atoms with Crippen molar-refractivity contribution in [3.63, 3.8) is 0 Å². The molecule has 2 aromatic heterocycles. The molecule has 0 saturated heterocycles. The molecule has 324 valence electrons. The van der Waals surface area contributed by atoms with Crippen LogP contribution < -0.4 is 0 Å². The monoisotopic (exact) mass is 1030 g/mol. The molecule has 4 nitrogen and oxygen atoms in total. The molecule has 1 aliphatic carbocycles. The summed E-state index contributed by atoms with van der Waals surface area (Å²) in [7, 11) is 0. The van der Waals surface area contributed by atoms with Crippen LogP contribution in [0.15, 0.2) is 194 Å². The Morgan fingerprint density at radius 1 is 0.515 bits per heavy atom. The third-order valence-electron chi connectivity index (χ3n) is 13.2. The van der Waals surface area contributed by atoms with Gasteiger partial charge in [0.2, 0.25) is 0 Å². The summed E-state index contributed by atoms with van der Waals surface area (Å²) in [5.41, 5.74) is 19.0. The minimum atomic E-state index is -0.273. The zero-order valence-corrected chi connectivity index (χ0v) is 39.9. The molecule has 0 atom stereocenters. The molecule has 5 heteroatoms. The van der Waals surface area contributed by atoms with E-state index in [1.165, 1.54) is 16.7 Å². The summed E-state index contributed by atoms with van der Waals surface area (Å²) in [6.07, 6.45) is 1.88. The second-order valence-electron chi connectivity index (χ2n) is 18.7. The SMILES string of the molecule is CC(C)(C)c1ccc(-n2c(-c3cc4c(cc3O)C(C)(C)c3ccccc3-4)nc3c(-c4[c-]c(-c5cc(-c6ccccc6)ccn5)cc(-c5ccccc5)c4)cccc32)c(-c2ccccc2)c1.[Pt]. The first-order valence-electron chi connectivity index (χ1n) is 22.4. The number of benzene rings is 8. The zero-order chi connectivity index (χ0) is 44.5. The van der Waals surface area contributed by atoms with Gasteiger partial charge in [0, 0.05) is 43.9 Å². The van der Waals surface area contributed by atoms with E-state index in [-0.39, 0.29) is 37.6 Å². The van der Waals surface area contributed by atoms with E-state index in [2.05, 4.69) is 215 Å². The molecule has 11 rings (SSSR count). The normalized spacial score (nSPS) is 12.7. The number of fused-ring (bicyclic) bond motifs is 4. The van der Waals surface area contributed by atoms with Crippen LogP contribution in [0.5, 0.6) is 5.75 Å². The van der Waals surface area contributed by atoms with E-state index >= 15 is 0 Å². The number of rotatable bonds is 7. The van der Waals surface area contributed by atoms with Gasteiger partial charge in [-0.05, 0) is 91.9 Å². The molecule has 0 unspecified atom stereocenters. The summed E-state index contributed by atoms with van der Waals surface area (Å²) in [4.78, 5) is 10.6. The number of para-hydroxylation sites is 1. The number of nitrogens with zero attached hydrogens (tertiary/aromatic N) is 3. The van der Waals surface area contributed by atoms with Gasteiger partial charge in [-0.1, -0.05) is 191 Å². The van der Waals surface area contributed by atoms with E-state index < -0.39 is 0 Å². The number of hydrogen-bond acceptors (Lipinski definition) is 3. The topological polar surface area (TPSA) is 50.9 Å². The molecule has 0 fully saturated rings. The van der Waals surface area contributed by atoms with Crippen LogP contribution in [0.4, 0.5) is 0 Å². The molecule has 1 N–H and O–H groups in total. The van der Waals surface area contributed by atoms with Gasteiger partial charge < -0.3 is 5.11 Å². The van der Waals surface area contributed by atoms with Gasteiger partial charge in [-0.15, -0.1) is 23.8 Å². The van der Waals surface area contributed by atoms with Crippen LogP contribution in [0.3, 0.4) is 0 Å². The van der Waals surface area contributed by atoms with Gasteiger partial charge in [0.25, 0.3) is 0 Å². The number of aromatic hydroxyl groups is 1. The smallest absolute Gasteiger partial charge is 0.148 e. The van der Waals surface area contributed by atoms with Crippen LogP contribution in [0.2, 0.25) is 0 Å². The van der Waals surface area contributed by atoms with Crippen molar-refractivity contribution >= 4 is 11.0 Å². The number of imidazole rings is 1. The molecule has 0 amide bonds. The third-order valence-corrected chi connectivity index (χ3v) is 13.2. The molecular weight excluding hydrogens is 986 g/mol. The van der Waals surface area contributed by atoms with Crippen LogP contribution in [0, 0.1) is 6.07 Å². The van der Waals surface area contributed by atoms with Gasteiger partial charge in [-0.3, -0.25) is 9.55 Å². The van der Waals surface area contributed by atoms with Crippen LogP contribution in [-0.2, 0) is 31.9 Å². The van der Waals surface area contributed by atoms with Crippen molar-refractivity contribution < 1.29 is 26.2 Å². The first-order valence-corrected chi connectivity index (χ1v) is 22.4. The minimum Gasteiger partial charge on any atom is -0.507 e. The van der Waals surface area contributed by atoms with Gasteiger partial charge >= 0.3 is 0 Å². The van der Waals surface area contributed by atoms with E-state index in [0.717, 1.165) is 83.6 Å². The fourth-order valence-electron chi connectivity index (χ4n) is 9.74. The first-order chi connectivity index (χ1) is 31.5. The van der Waals surface area contributed by atoms with Crippen molar-refractivity contribution in [3.8, 4) is 89.7 Å². The average Bonchev–Trinajstić information content (AvgIpc) is 3.83. The summed E-state index contributed by atoms with van der Waals surface area (Å²) in [5, 5.41) is 12.3. The standard InChI is InChI=1S/C61H48N3O.Pt/c1-60(2,3)46-28-29-55(49(36-46)41-22-13-8-14-23-41)64-56-27-17-25-47(58(56)63-59(64)51-37-50-48-24-15-16-26-52(48)61(4,5)53(50)38-57(51)65)44-32-43(40-20-11-7-12-21-40)33-45(34-44)54-35-42(30-31-62-54)39-18-9-6-10-19-39;/h6-33,35-38,65H,1-5H3;/q-1;. The Hall–Kier alpha value is -7.13. The number of pyridine rings is 1. The maximum absolute atomic E-state index is 12.3. The maximum atomic E-state index is 12.3. The van der Waals surface area contributed by atoms with E-state index in [9.17, 15) is 5.11 Å². The predicted molar refractivity (Wildman–Crippen MR) is 268 cm³/mol. The summed E-state index contributed by atoms with van der Waals surface area (Å²) in [5.74, 6) is 0.854. The molecule has 0 aliphatic heterocycles. The Bertz CT molecular complexity index is 3440. The van der Waals surface area contributed by atoms with Crippen molar-refractivity contribution in [2.24, 2.45) is 0 Å². The Morgan fingerprint density at radius 2 is 1.15 bits per heavy atom. The van der Waals surface area contributed by atoms with Crippen molar-refractivity contribution in [2.45, 2.75) is 45.4 Å². The molecule has 66 heavy (non-hydrogen) atoms. The molecule has 0 spiro atoms. The van der Waals surface area contributed by atoms with E-state index in [1.54, 1.807) is 0 Å². The molecule has 0 bridgehead atoms. The first kappa shape index (κ1) is 42.8. The van der Waals surface area contributed by atoms with Gasteiger partial charge in [-0.25, -0.2) is 4.98 Å². The van der Waals surface area contributed by atoms with Crippen LogP contribution in [-0.4, -0.2) is 19.6 Å². The Morgan fingerprint density at radius 3 is 1.86 bits per heavy atom. The second kappa shape index (κ2) is 16.7. The number of aromatic nitrogens is 3. The van der Waals surface area contributed by atoms with Crippen LogP contribution in [0.1, 0.15) is 51.3 Å². The van der Waals surface area contributed by atoms with Gasteiger partial charge in [0.05, 0.1) is 22.3 Å². The van der Waals surface area contributed by atoms with E-state index in [1.807, 2.05) is 24.4 Å². The van der Waals surface area contributed by atoms with Crippen molar-refractivity contribution in [3.05, 3.63) is 217 Å². The fourth-order valence-corrected chi connectivity index (χ4v) is 9.74. The molecule has 0 saturated carbocycles. The predicted octanol–water partition coefficient (Wildman–Crippen LogP) is 15.5. The number of phenolic OH excluding ortho intramolecular Hbond substituents is 1. The summed E-state index contributed by atoms with van der Waals surface area (Å²) in [6, 6.07) is 69.9. The summed E-state index contributed by atoms with van der Waals surface area (Å²) < 4.78 is 2.26. The Labute approximate surface area is 401 Å². The second-order valence-corrected chi connectivity index (χ2v) is 18.7.